The monoisotopic (exact) mass is 318 g/mol. The molecule has 0 atom stereocenters. The van der Waals surface area contributed by atoms with Crippen molar-refractivity contribution in [2.45, 2.75) is 33.1 Å². The molecule has 0 aliphatic rings. The van der Waals surface area contributed by atoms with Crippen LogP contribution in [-0.4, -0.2) is 22.0 Å². The molecule has 1 heterocycles. The molecule has 1 aromatic heterocycles. The van der Waals surface area contributed by atoms with Crippen molar-refractivity contribution in [2.75, 3.05) is 10.6 Å². The number of aromatic nitrogens is 2. The SMILES string of the molecule is CC(=O)Nc1ccc(C(=O)Nc2nnc(C(C)(C)C)s2)cc1. The molecule has 7 heteroatoms. The van der Waals surface area contributed by atoms with E-state index in [1.54, 1.807) is 24.3 Å². The highest BCUT2D eigenvalue weighted by molar-refractivity contribution is 7.15. The highest BCUT2D eigenvalue weighted by Crippen LogP contribution is 2.27. The van der Waals surface area contributed by atoms with Crippen LogP contribution < -0.4 is 10.6 Å². The van der Waals surface area contributed by atoms with Crippen molar-refractivity contribution in [3.63, 3.8) is 0 Å². The Morgan fingerprint density at radius 2 is 1.68 bits per heavy atom. The summed E-state index contributed by atoms with van der Waals surface area (Å²) in [6, 6.07) is 6.65. The Labute approximate surface area is 133 Å². The minimum Gasteiger partial charge on any atom is -0.326 e. The second kappa shape index (κ2) is 6.23. The van der Waals surface area contributed by atoms with Crippen LogP contribution in [0.5, 0.6) is 0 Å². The van der Waals surface area contributed by atoms with Gasteiger partial charge in [0.1, 0.15) is 5.01 Å². The molecule has 0 aliphatic carbocycles. The van der Waals surface area contributed by atoms with Crippen LogP contribution in [0, 0.1) is 0 Å². The second-order valence-corrected chi connectivity index (χ2v) is 6.85. The Hall–Kier alpha value is -2.28. The first-order valence-corrected chi connectivity index (χ1v) is 7.60. The average molecular weight is 318 g/mol. The highest BCUT2D eigenvalue weighted by atomic mass is 32.1. The zero-order valence-electron chi connectivity index (χ0n) is 12.9. The van der Waals surface area contributed by atoms with Gasteiger partial charge in [-0.2, -0.15) is 0 Å². The van der Waals surface area contributed by atoms with E-state index in [1.807, 2.05) is 20.8 Å². The molecule has 2 aromatic rings. The van der Waals surface area contributed by atoms with Gasteiger partial charge in [-0.15, -0.1) is 10.2 Å². The summed E-state index contributed by atoms with van der Waals surface area (Å²) in [4.78, 5) is 23.1. The van der Waals surface area contributed by atoms with Crippen LogP contribution in [0.25, 0.3) is 0 Å². The molecule has 1 aromatic carbocycles. The molecule has 0 radical (unpaired) electrons. The molecule has 0 spiro atoms. The predicted molar refractivity (Wildman–Crippen MR) is 87.3 cm³/mol. The quantitative estimate of drug-likeness (QED) is 0.911. The van der Waals surface area contributed by atoms with E-state index in [1.165, 1.54) is 18.3 Å². The maximum absolute atomic E-state index is 12.1. The zero-order chi connectivity index (χ0) is 16.3. The van der Waals surface area contributed by atoms with Crippen LogP contribution >= 0.6 is 11.3 Å². The molecule has 0 fully saturated rings. The molecule has 2 amide bonds. The normalized spacial score (nSPS) is 11.1. The van der Waals surface area contributed by atoms with Gasteiger partial charge in [-0.25, -0.2) is 0 Å². The van der Waals surface area contributed by atoms with E-state index in [9.17, 15) is 9.59 Å². The molecule has 6 nitrogen and oxygen atoms in total. The first-order valence-electron chi connectivity index (χ1n) is 6.79. The van der Waals surface area contributed by atoms with Crippen LogP contribution in [0.15, 0.2) is 24.3 Å². The summed E-state index contributed by atoms with van der Waals surface area (Å²) in [7, 11) is 0. The summed E-state index contributed by atoms with van der Waals surface area (Å²) < 4.78 is 0. The minimum atomic E-state index is -0.258. The average Bonchev–Trinajstić information content (AvgIpc) is 2.87. The Morgan fingerprint density at radius 3 is 2.18 bits per heavy atom. The van der Waals surface area contributed by atoms with Gasteiger partial charge in [0.15, 0.2) is 0 Å². The molecule has 0 aliphatic heterocycles. The summed E-state index contributed by atoms with van der Waals surface area (Å²) in [6.45, 7) is 7.56. The third-order valence-corrected chi connectivity index (χ3v) is 4.02. The first-order chi connectivity index (χ1) is 10.3. The summed E-state index contributed by atoms with van der Waals surface area (Å²) in [6.07, 6.45) is 0. The number of amides is 2. The van der Waals surface area contributed by atoms with E-state index in [0.29, 0.717) is 16.4 Å². The Kier molecular flexibility index (Phi) is 4.56. The molecule has 22 heavy (non-hydrogen) atoms. The van der Waals surface area contributed by atoms with Gasteiger partial charge in [0.25, 0.3) is 5.91 Å². The predicted octanol–water partition coefficient (Wildman–Crippen LogP) is 3.05. The van der Waals surface area contributed by atoms with Crippen molar-refractivity contribution >= 4 is 34.0 Å². The van der Waals surface area contributed by atoms with Crippen molar-refractivity contribution in [1.29, 1.82) is 0 Å². The fourth-order valence-electron chi connectivity index (χ4n) is 1.65. The molecular weight excluding hydrogens is 300 g/mol. The van der Waals surface area contributed by atoms with Crippen LogP contribution in [0.4, 0.5) is 10.8 Å². The van der Waals surface area contributed by atoms with E-state index < -0.39 is 0 Å². The number of carbonyl (C=O) groups is 2. The third-order valence-electron chi connectivity index (χ3n) is 2.75. The lowest BCUT2D eigenvalue weighted by Crippen LogP contribution is -2.12. The van der Waals surface area contributed by atoms with Crippen molar-refractivity contribution in [3.8, 4) is 0 Å². The summed E-state index contributed by atoms with van der Waals surface area (Å²) in [5.74, 6) is -0.410. The van der Waals surface area contributed by atoms with Gasteiger partial charge in [0, 0.05) is 23.6 Å². The standard InChI is InChI=1S/C15H18N4O2S/c1-9(20)16-11-7-5-10(6-8-11)12(21)17-14-19-18-13(22-14)15(2,3)4/h5-8H,1-4H3,(H,16,20)(H,17,19,21). The van der Waals surface area contributed by atoms with Gasteiger partial charge < -0.3 is 5.32 Å². The smallest absolute Gasteiger partial charge is 0.257 e. The first kappa shape index (κ1) is 16.1. The fourth-order valence-corrected chi connectivity index (χ4v) is 2.45. The van der Waals surface area contributed by atoms with E-state index >= 15 is 0 Å². The van der Waals surface area contributed by atoms with Gasteiger partial charge in [0.05, 0.1) is 0 Å². The van der Waals surface area contributed by atoms with E-state index in [0.717, 1.165) is 5.01 Å². The molecule has 2 N–H and O–H groups in total. The van der Waals surface area contributed by atoms with Gasteiger partial charge in [0.2, 0.25) is 11.0 Å². The third kappa shape index (κ3) is 4.11. The molecule has 2 rings (SSSR count). The highest BCUT2D eigenvalue weighted by Gasteiger charge is 2.20. The molecule has 0 saturated carbocycles. The fraction of sp³-hybridized carbons (Fsp3) is 0.333. The summed E-state index contributed by atoms with van der Waals surface area (Å²) >= 11 is 1.36. The van der Waals surface area contributed by atoms with Crippen molar-refractivity contribution < 1.29 is 9.59 Å². The number of nitrogens with zero attached hydrogens (tertiary/aromatic N) is 2. The van der Waals surface area contributed by atoms with Crippen molar-refractivity contribution in [3.05, 3.63) is 34.8 Å². The number of carbonyl (C=O) groups excluding carboxylic acids is 2. The molecule has 0 unspecified atom stereocenters. The summed E-state index contributed by atoms with van der Waals surface area (Å²) in [5.41, 5.74) is 1.04. The van der Waals surface area contributed by atoms with E-state index in [2.05, 4.69) is 20.8 Å². The van der Waals surface area contributed by atoms with Crippen molar-refractivity contribution in [1.82, 2.24) is 10.2 Å². The van der Waals surface area contributed by atoms with Gasteiger partial charge in [-0.1, -0.05) is 32.1 Å². The van der Waals surface area contributed by atoms with Gasteiger partial charge >= 0.3 is 0 Å². The van der Waals surface area contributed by atoms with E-state index in [-0.39, 0.29) is 17.2 Å². The second-order valence-electron chi connectivity index (χ2n) is 5.88. The zero-order valence-corrected chi connectivity index (χ0v) is 13.7. The molecular formula is C15H18N4O2S. The maximum atomic E-state index is 12.1. The van der Waals surface area contributed by atoms with Gasteiger partial charge in [-0.3, -0.25) is 14.9 Å². The Morgan fingerprint density at radius 1 is 1.05 bits per heavy atom. The number of hydrogen-bond donors (Lipinski definition) is 2. The number of rotatable bonds is 3. The lowest BCUT2D eigenvalue weighted by Gasteiger charge is -2.12. The Balaban J connectivity index is 2.06. The largest absolute Gasteiger partial charge is 0.326 e. The number of hydrogen-bond acceptors (Lipinski definition) is 5. The number of nitrogens with one attached hydrogen (secondary N) is 2. The van der Waals surface area contributed by atoms with Crippen LogP contribution in [-0.2, 0) is 10.2 Å². The minimum absolute atomic E-state index is 0.0966. The molecule has 0 saturated heterocycles. The maximum Gasteiger partial charge on any atom is 0.257 e. The van der Waals surface area contributed by atoms with Gasteiger partial charge in [-0.05, 0) is 24.3 Å². The molecule has 116 valence electrons. The number of benzene rings is 1. The van der Waals surface area contributed by atoms with E-state index in [4.69, 9.17) is 0 Å². The lowest BCUT2D eigenvalue weighted by molar-refractivity contribution is -0.114. The molecule has 0 bridgehead atoms. The van der Waals surface area contributed by atoms with Crippen LogP contribution in [0.3, 0.4) is 0 Å². The van der Waals surface area contributed by atoms with Crippen molar-refractivity contribution in [2.24, 2.45) is 0 Å². The topological polar surface area (TPSA) is 84.0 Å². The lowest BCUT2D eigenvalue weighted by atomic mass is 9.98. The summed E-state index contributed by atoms with van der Waals surface area (Å²) in [5, 5.41) is 14.8. The number of anilines is 2. The van der Waals surface area contributed by atoms with Crippen LogP contribution in [0.1, 0.15) is 43.1 Å². The van der Waals surface area contributed by atoms with Crippen LogP contribution in [0.2, 0.25) is 0 Å². The Bertz CT molecular complexity index is 686.